The second kappa shape index (κ2) is 7.24. The van der Waals surface area contributed by atoms with Gasteiger partial charge in [-0.15, -0.1) is 0 Å². The summed E-state index contributed by atoms with van der Waals surface area (Å²) in [6.45, 7) is 3.77. The van der Waals surface area contributed by atoms with Crippen molar-refractivity contribution in [2.24, 2.45) is 0 Å². The van der Waals surface area contributed by atoms with Crippen molar-refractivity contribution in [2.45, 2.75) is 32.0 Å². The molecule has 0 saturated heterocycles. The molecule has 0 radical (unpaired) electrons. The molecule has 2 atom stereocenters. The van der Waals surface area contributed by atoms with Crippen molar-refractivity contribution in [3.05, 3.63) is 11.8 Å². The predicted molar refractivity (Wildman–Crippen MR) is 60.8 cm³/mol. The SMILES string of the molecule is CCCCO[C@@H]1CNC(CNC=O)=C[C@@H]1O. The number of hydrogen-bond donors (Lipinski definition) is 3. The molecular formula is C11H20N2O3. The minimum Gasteiger partial charge on any atom is -0.386 e. The Kier molecular flexibility index (Phi) is 5.88. The van der Waals surface area contributed by atoms with E-state index in [1.54, 1.807) is 6.08 Å². The van der Waals surface area contributed by atoms with Crippen molar-refractivity contribution in [2.75, 3.05) is 19.7 Å². The largest absolute Gasteiger partial charge is 0.386 e. The van der Waals surface area contributed by atoms with E-state index in [0.717, 1.165) is 18.5 Å². The molecule has 5 heteroatoms. The standard InChI is InChI=1S/C11H20N2O3/c1-2-3-4-16-11-7-13-9(5-10(11)15)6-12-8-14/h5,8,10-11,13,15H,2-4,6-7H2,1H3,(H,12,14)/t10-,11+/m0/s1. The van der Waals surface area contributed by atoms with Crippen LogP contribution < -0.4 is 10.6 Å². The summed E-state index contributed by atoms with van der Waals surface area (Å²) in [5.41, 5.74) is 0.829. The quantitative estimate of drug-likeness (QED) is 0.416. The van der Waals surface area contributed by atoms with Gasteiger partial charge < -0.3 is 20.5 Å². The Morgan fingerprint density at radius 3 is 3.19 bits per heavy atom. The number of hydrogen-bond acceptors (Lipinski definition) is 4. The predicted octanol–water partition coefficient (Wildman–Crippen LogP) is -0.234. The van der Waals surface area contributed by atoms with Crippen LogP contribution in [-0.2, 0) is 9.53 Å². The van der Waals surface area contributed by atoms with Gasteiger partial charge in [-0.1, -0.05) is 13.3 Å². The fraction of sp³-hybridized carbons (Fsp3) is 0.727. The molecule has 0 bridgehead atoms. The zero-order chi connectivity index (χ0) is 11.8. The van der Waals surface area contributed by atoms with Crippen LogP contribution in [-0.4, -0.2) is 43.4 Å². The molecule has 1 amide bonds. The highest BCUT2D eigenvalue weighted by molar-refractivity contribution is 5.46. The fourth-order valence-corrected chi connectivity index (χ4v) is 1.53. The highest BCUT2D eigenvalue weighted by Crippen LogP contribution is 2.09. The van der Waals surface area contributed by atoms with Gasteiger partial charge in [-0.3, -0.25) is 4.79 Å². The first kappa shape index (κ1) is 13.0. The maximum atomic E-state index is 10.1. The van der Waals surface area contributed by atoms with Gasteiger partial charge in [0.1, 0.15) is 12.2 Å². The molecular weight excluding hydrogens is 208 g/mol. The molecule has 92 valence electrons. The third-order valence-electron chi connectivity index (χ3n) is 2.49. The summed E-state index contributed by atoms with van der Waals surface area (Å²) in [6, 6.07) is 0. The number of unbranched alkanes of at least 4 members (excludes halogenated alkanes) is 1. The normalized spacial score (nSPS) is 24.5. The van der Waals surface area contributed by atoms with Gasteiger partial charge in [0.25, 0.3) is 0 Å². The summed E-state index contributed by atoms with van der Waals surface area (Å²) < 4.78 is 5.54. The monoisotopic (exact) mass is 228 g/mol. The van der Waals surface area contributed by atoms with E-state index < -0.39 is 6.10 Å². The summed E-state index contributed by atoms with van der Waals surface area (Å²) in [5.74, 6) is 0. The lowest BCUT2D eigenvalue weighted by Gasteiger charge is -2.28. The van der Waals surface area contributed by atoms with E-state index in [-0.39, 0.29) is 6.10 Å². The second-order valence-electron chi connectivity index (χ2n) is 3.82. The van der Waals surface area contributed by atoms with Crippen molar-refractivity contribution in [3.63, 3.8) is 0 Å². The van der Waals surface area contributed by atoms with Gasteiger partial charge in [-0.05, 0) is 12.5 Å². The lowest BCUT2D eigenvalue weighted by atomic mass is 10.1. The highest BCUT2D eigenvalue weighted by Gasteiger charge is 2.22. The van der Waals surface area contributed by atoms with Gasteiger partial charge in [0.05, 0.1) is 6.54 Å². The lowest BCUT2D eigenvalue weighted by molar-refractivity contribution is -0.109. The number of carbonyl (C=O) groups is 1. The van der Waals surface area contributed by atoms with Crippen molar-refractivity contribution in [1.29, 1.82) is 0 Å². The summed E-state index contributed by atoms with van der Waals surface area (Å²) in [4.78, 5) is 10.1. The van der Waals surface area contributed by atoms with Crippen molar-refractivity contribution >= 4 is 6.41 Å². The summed E-state index contributed by atoms with van der Waals surface area (Å²) >= 11 is 0. The van der Waals surface area contributed by atoms with Gasteiger partial charge in [0, 0.05) is 18.8 Å². The third kappa shape index (κ3) is 4.20. The maximum Gasteiger partial charge on any atom is 0.207 e. The van der Waals surface area contributed by atoms with E-state index in [4.69, 9.17) is 4.74 Å². The maximum absolute atomic E-state index is 10.1. The van der Waals surface area contributed by atoms with E-state index in [1.807, 2.05) is 0 Å². The van der Waals surface area contributed by atoms with E-state index in [9.17, 15) is 9.90 Å². The Morgan fingerprint density at radius 2 is 2.56 bits per heavy atom. The molecule has 0 unspecified atom stereocenters. The molecule has 0 aliphatic carbocycles. The zero-order valence-corrected chi connectivity index (χ0v) is 9.61. The molecule has 0 fully saturated rings. The summed E-state index contributed by atoms with van der Waals surface area (Å²) in [7, 11) is 0. The van der Waals surface area contributed by atoms with E-state index >= 15 is 0 Å². The van der Waals surface area contributed by atoms with Gasteiger partial charge in [0.15, 0.2) is 0 Å². The number of carbonyl (C=O) groups excluding carboxylic acids is 1. The molecule has 16 heavy (non-hydrogen) atoms. The van der Waals surface area contributed by atoms with E-state index in [0.29, 0.717) is 26.1 Å². The van der Waals surface area contributed by atoms with Crippen molar-refractivity contribution in [3.8, 4) is 0 Å². The number of aliphatic hydroxyl groups excluding tert-OH is 1. The molecule has 5 nitrogen and oxygen atoms in total. The van der Waals surface area contributed by atoms with Crippen LogP contribution in [0.4, 0.5) is 0 Å². The van der Waals surface area contributed by atoms with Crippen LogP contribution in [0.3, 0.4) is 0 Å². The second-order valence-corrected chi connectivity index (χ2v) is 3.82. The van der Waals surface area contributed by atoms with Gasteiger partial charge in [0.2, 0.25) is 6.41 Å². The Hall–Kier alpha value is -1.07. The van der Waals surface area contributed by atoms with Gasteiger partial charge >= 0.3 is 0 Å². The average molecular weight is 228 g/mol. The first-order valence-corrected chi connectivity index (χ1v) is 5.69. The van der Waals surface area contributed by atoms with Crippen LogP contribution in [0.1, 0.15) is 19.8 Å². The first-order valence-electron chi connectivity index (χ1n) is 5.69. The van der Waals surface area contributed by atoms with E-state index in [1.165, 1.54) is 0 Å². The molecule has 1 aliphatic rings. The molecule has 1 rings (SSSR count). The lowest BCUT2D eigenvalue weighted by Crippen LogP contribution is -2.44. The molecule has 0 saturated carbocycles. The average Bonchev–Trinajstić information content (AvgIpc) is 2.29. The van der Waals surface area contributed by atoms with Crippen LogP contribution in [0, 0.1) is 0 Å². The smallest absolute Gasteiger partial charge is 0.207 e. The topological polar surface area (TPSA) is 70.6 Å². The Morgan fingerprint density at radius 1 is 1.75 bits per heavy atom. The Bertz CT molecular complexity index is 243. The highest BCUT2D eigenvalue weighted by atomic mass is 16.5. The van der Waals surface area contributed by atoms with Crippen LogP contribution in [0.2, 0.25) is 0 Å². The number of nitrogens with one attached hydrogen (secondary N) is 2. The summed E-state index contributed by atoms with van der Waals surface area (Å²) in [6.07, 6.45) is 3.63. The van der Waals surface area contributed by atoms with Crippen LogP contribution in [0.15, 0.2) is 11.8 Å². The number of aliphatic hydroxyl groups is 1. The van der Waals surface area contributed by atoms with Crippen LogP contribution in [0.25, 0.3) is 0 Å². The number of rotatable bonds is 7. The minimum absolute atomic E-state index is 0.188. The van der Waals surface area contributed by atoms with Gasteiger partial charge in [-0.25, -0.2) is 0 Å². The van der Waals surface area contributed by atoms with E-state index in [2.05, 4.69) is 17.6 Å². The number of amides is 1. The molecule has 0 aromatic carbocycles. The van der Waals surface area contributed by atoms with Crippen LogP contribution in [0.5, 0.6) is 0 Å². The molecule has 0 aromatic rings. The number of ether oxygens (including phenoxy) is 1. The molecule has 3 N–H and O–H groups in total. The fourth-order valence-electron chi connectivity index (χ4n) is 1.53. The first-order chi connectivity index (χ1) is 7.77. The Balaban J connectivity index is 2.32. The third-order valence-corrected chi connectivity index (χ3v) is 2.49. The zero-order valence-electron chi connectivity index (χ0n) is 9.61. The summed E-state index contributed by atoms with van der Waals surface area (Å²) in [5, 5.41) is 15.4. The minimum atomic E-state index is -0.596. The molecule has 1 heterocycles. The molecule has 0 aromatic heterocycles. The molecule has 0 spiro atoms. The Labute approximate surface area is 95.9 Å². The van der Waals surface area contributed by atoms with Crippen molar-refractivity contribution in [1.82, 2.24) is 10.6 Å². The van der Waals surface area contributed by atoms with Crippen molar-refractivity contribution < 1.29 is 14.6 Å². The van der Waals surface area contributed by atoms with Crippen LogP contribution >= 0.6 is 0 Å². The van der Waals surface area contributed by atoms with Gasteiger partial charge in [-0.2, -0.15) is 0 Å². The molecule has 1 aliphatic heterocycles.